The van der Waals surface area contributed by atoms with Crippen LogP contribution in [0.5, 0.6) is 0 Å². The fourth-order valence-electron chi connectivity index (χ4n) is 4.39. The lowest BCUT2D eigenvalue weighted by molar-refractivity contribution is -0.0889. The molecule has 0 spiro atoms. The first-order valence-corrected chi connectivity index (χ1v) is 9.57. The summed E-state index contributed by atoms with van der Waals surface area (Å²) >= 11 is 0. The Morgan fingerprint density at radius 2 is 1.96 bits per heavy atom. The highest BCUT2D eigenvalue weighted by atomic mass is 19.1. The molecule has 3 saturated carbocycles. The Labute approximate surface area is 159 Å². The number of anilines is 1. The Hall–Kier alpha value is -1.73. The van der Waals surface area contributed by atoms with Crippen molar-refractivity contribution in [2.75, 3.05) is 12.4 Å². The van der Waals surface area contributed by atoms with Crippen LogP contribution in [0.15, 0.2) is 12.3 Å². The monoisotopic (exact) mass is 379 g/mol. The van der Waals surface area contributed by atoms with E-state index in [9.17, 15) is 14.3 Å². The Balaban J connectivity index is 1.86. The van der Waals surface area contributed by atoms with Crippen molar-refractivity contribution in [2.24, 2.45) is 5.73 Å². The summed E-state index contributed by atoms with van der Waals surface area (Å²) in [5.74, 6) is -0.641. The number of aromatic nitrogens is 1. The molecule has 4 rings (SSSR count). The minimum atomic E-state index is -1.55. The topological polar surface area (TPSA) is 97.5 Å². The number of ether oxygens (including phenoxy) is 1. The molecule has 0 aromatic carbocycles. The SMILES string of the molecule is COC12CCC(Nc3ccnc(C[C@@H](F)C(C)(C)O)c3C(N)=O)(CC1)CC2. The number of hydrogen-bond acceptors (Lipinski definition) is 5. The summed E-state index contributed by atoms with van der Waals surface area (Å²) in [7, 11) is 1.78. The predicted octanol–water partition coefficient (Wildman–Crippen LogP) is 2.74. The van der Waals surface area contributed by atoms with Gasteiger partial charge in [0.25, 0.3) is 5.91 Å². The van der Waals surface area contributed by atoms with Gasteiger partial charge in [-0.25, -0.2) is 4.39 Å². The van der Waals surface area contributed by atoms with E-state index in [2.05, 4.69) is 10.3 Å². The molecule has 150 valence electrons. The van der Waals surface area contributed by atoms with E-state index >= 15 is 0 Å². The molecule has 27 heavy (non-hydrogen) atoms. The summed E-state index contributed by atoms with van der Waals surface area (Å²) in [5.41, 5.74) is 5.08. The van der Waals surface area contributed by atoms with Crippen molar-refractivity contribution in [3.63, 3.8) is 0 Å². The van der Waals surface area contributed by atoms with E-state index in [1.165, 1.54) is 13.8 Å². The molecular weight excluding hydrogens is 349 g/mol. The molecule has 1 amide bonds. The Bertz CT molecular complexity index is 692. The number of nitrogens with two attached hydrogens (primary N) is 1. The van der Waals surface area contributed by atoms with Gasteiger partial charge >= 0.3 is 0 Å². The van der Waals surface area contributed by atoms with E-state index in [0.29, 0.717) is 5.69 Å². The molecule has 1 heterocycles. The van der Waals surface area contributed by atoms with E-state index < -0.39 is 17.7 Å². The van der Waals surface area contributed by atoms with Crippen molar-refractivity contribution in [1.29, 1.82) is 0 Å². The lowest BCUT2D eigenvalue weighted by Gasteiger charge is -2.53. The molecule has 3 fully saturated rings. The number of nitrogens with one attached hydrogen (secondary N) is 1. The molecule has 1 atom stereocenters. The molecule has 1 aromatic heterocycles. The number of halogens is 1. The second-order valence-electron chi connectivity index (χ2n) is 8.66. The molecule has 0 radical (unpaired) electrons. The van der Waals surface area contributed by atoms with Crippen molar-refractivity contribution in [1.82, 2.24) is 4.98 Å². The number of pyridine rings is 1. The molecule has 0 aliphatic heterocycles. The third-order valence-electron chi connectivity index (χ3n) is 6.43. The molecule has 0 unspecified atom stereocenters. The first-order chi connectivity index (χ1) is 12.6. The quantitative estimate of drug-likeness (QED) is 0.677. The van der Waals surface area contributed by atoms with Crippen LogP contribution in [0.4, 0.5) is 10.1 Å². The van der Waals surface area contributed by atoms with Crippen molar-refractivity contribution in [3.8, 4) is 0 Å². The zero-order chi connectivity index (χ0) is 19.9. The number of carbonyl (C=O) groups is 1. The second-order valence-corrected chi connectivity index (χ2v) is 8.66. The summed E-state index contributed by atoms with van der Waals surface area (Å²) < 4.78 is 20.1. The number of alkyl halides is 1. The third-order valence-corrected chi connectivity index (χ3v) is 6.43. The van der Waals surface area contributed by atoms with Crippen molar-refractivity contribution in [3.05, 3.63) is 23.5 Å². The van der Waals surface area contributed by atoms with Gasteiger partial charge in [0.1, 0.15) is 6.17 Å². The number of rotatable bonds is 7. The average molecular weight is 379 g/mol. The fraction of sp³-hybridized carbons (Fsp3) is 0.700. The van der Waals surface area contributed by atoms with Crippen molar-refractivity contribution >= 4 is 11.6 Å². The molecule has 3 aliphatic carbocycles. The van der Waals surface area contributed by atoms with E-state index in [4.69, 9.17) is 10.5 Å². The third kappa shape index (κ3) is 3.94. The van der Waals surface area contributed by atoms with Crippen LogP contribution >= 0.6 is 0 Å². The first kappa shape index (κ1) is 20.0. The summed E-state index contributed by atoms with van der Waals surface area (Å²) in [6.45, 7) is 2.80. The molecule has 3 aliphatic rings. The molecule has 0 saturated heterocycles. The van der Waals surface area contributed by atoms with Crippen LogP contribution < -0.4 is 11.1 Å². The van der Waals surface area contributed by atoms with Gasteiger partial charge in [0.15, 0.2) is 0 Å². The van der Waals surface area contributed by atoms with Gasteiger partial charge in [-0.2, -0.15) is 0 Å². The minimum Gasteiger partial charge on any atom is -0.387 e. The number of fused-ring (bicyclic) bond motifs is 3. The van der Waals surface area contributed by atoms with E-state index in [-0.39, 0.29) is 28.8 Å². The van der Waals surface area contributed by atoms with E-state index in [1.54, 1.807) is 19.4 Å². The summed E-state index contributed by atoms with van der Waals surface area (Å²) in [5, 5.41) is 13.4. The van der Waals surface area contributed by atoms with E-state index in [1.807, 2.05) is 0 Å². The van der Waals surface area contributed by atoms with Gasteiger partial charge in [-0.1, -0.05) is 0 Å². The Morgan fingerprint density at radius 3 is 2.44 bits per heavy atom. The van der Waals surface area contributed by atoms with Crippen LogP contribution in [0, 0.1) is 0 Å². The smallest absolute Gasteiger partial charge is 0.252 e. The minimum absolute atomic E-state index is 0.00644. The number of nitrogens with zero attached hydrogens (tertiary/aromatic N) is 1. The Kier molecular flexibility index (Phi) is 5.20. The molecule has 1 aromatic rings. The van der Waals surface area contributed by atoms with Crippen LogP contribution in [0.1, 0.15) is 68.4 Å². The van der Waals surface area contributed by atoms with Gasteiger partial charge in [0.05, 0.1) is 28.1 Å². The summed E-state index contributed by atoms with van der Waals surface area (Å²) in [4.78, 5) is 16.3. The highest BCUT2D eigenvalue weighted by Crippen LogP contribution is 2.50. The number of methoxy groups -OCH3 is 1. The van der Waals surface area contributed by atoms with Crippen LogP contribution in [-0.2, 0) is 11.2 Å². The van der Waals surface area contributed by atoms with Crippen molar-refractivity contribution in [2.45, 2.75) is 81.7 Å². The van der Waals surface area contributed by atoms with Crippen molar-refractivity contribution < 1.29 is 19.0 Å². The van der Waals surface area contributed by atoms with Gasteiger partial charge in [-0.3, -0.25) is 9.78 Å². The largest absolute Gasteiger partial charge is 0.387 e. The van der Waals surface area contributed by atoms with Gasteiger partial charge in [0, 0.05) is 25.3 Å². The lowest BCUT2D eigenvalue weighted by atomic mass is 9.63. The number of amides is 1. The molecule has 6 nitrogen and oxygen atoms in total. The fourth-order valence-corrected chi connectivity index (χ4v) is 4.39. The summed E-state index contributed by atoms with van der Waals surface area (Å²) in [6, 6.07) is 1.72. The maximum atomic E-state index is 14.4. The van der Waals surface area contributed by atoms with Gasteiger partial charge in [-0.15, -0.1) is 0 Å². The number of carbonyl (C=O) groups excluding carboxylic acids is 1. The van der Waals surface area contributed by atoms with Crippen LogP contribution in [0.25, 0.3) is 0 Å². The molecule has 7 heteroatoms. The normalized spacial score (nSPS) is 28.8. The summed E-state index contributed by atoms with van der Waals surface area (Å²) in [6.07, 6.45) is 5.62. The van der Waals surface area contributed by atoms with Gasteiger partial charge in [-0.05, 0) is 58.4 Å². The van der Waals surface area contributed by atoms with Crippen LogP contribution in [-0.4, -0.2) is 46.0 Å². The standard InChI is InChI=1S/C20H30FN3O3/c1-18(2,26)15(21)12-14-16(17(22)25)13(4-11-23-14)24-19-5-8-20(27-3,9-6-19)10-7-19/h4,11,15,26H,5-10,12H2,1-3H3,(H2,22,25)(H,23,24)/t15-,19?,20?/m1/s1. The van der Waals surface area contributed by atoms with Crippen LogP contribution in [0.3, 0.4) is 0 Å². The highest BCUT2D eigenvalue weighted by Gasteiger charge is 2.49. The predicted molar refractivity (Wildman–Crippen MR) is 101 cm³/mol. The maximum Gasteiger partial charge on any atom is 0.252 e. The molecule has 4 N–H and O–H groups in total. The van der Waals surface area contributed by atoms with Crippen LogP contribution in [0.2, 0.25) is 0 Å². The number of aliphatic hydroxyl groups is 1. The van der Waals surface area contributed by atoms with Gasteiger partial charge in [0.2, 0.25) is 0 Å². The number of primary amides is 1. The van der Waals surface area contributed by atoms with E-state index in [0.717, 1.165) is 38.5 Å². The number of hydrogen-bond donors (Lipinski definition) is 3. The zero-order valence-electron chi connectivity index (χ0n) is 16.3. The average Bonchev–Trinajstić information content (AvgIpc) is 2.62. The van der Waals surface area contributed by atoms with Gasteiger partial charge < -0.3 is 20.9 Å². The zero-order valence-corrected chi connectivity index (χ0v) is 16.3. The first-order valence-electron chi connectivity index (χ1n) is 9.57. The lowest BCUT2D eigenvalue weighted by Crippen LogP contribution is -2.54. The maximum absolute atomic E-state index is 14.4. The molecular formula is C20H30FN3O3. The second kappa shape index (κ2) is 7.02. The highest BCUT2D eigenvalue weighted by molar-refractivity contribution is 5.99. The Morgan fingerprint density at radius 1 is 1.37 bits per heavy atom. The molecule has 2 bridgehead atoms.